The normalized spacial score (nSPS) is 16.0. The Morgan fingerprint density at radius 1 is 1.06 bits per heavy atom. The lowest BCUT2D eigenvalue weighted by Gasteiger charge is -2.26. The Hall–Kier alpha value is -3.58. The van der Waals surface area contributed by atoms with Gasteiger partial charge in [-0.1, -0.05) is 42.5 Å². The molecule has 3 aromatic carbocycles. The number of furan rings is 1. The van der Waals surface area contributed by atoms with Crippen molar-refractivity contribution in [2.45, 2.75) is 12.5 Å². The summed E-state index contributed by atoms with van der Waals surface area (Å²) in [6.45, 7) is 0. The molecule has 4 aromatic rings. The van der Waals surface area contributed by atoms with E-state index in [4.69, 9.17) is 36.9 Å². The van der Waals surface area contributed by atoms with Crippen LogP contribution in [0, 0.1) is 0 Å². The molecule has 0 aliphatic carbocycles. The molecule has 0 spiro atoms. The fourth-order valence-electron chi connectivity index (χ4n) is 4.23. The van der Waals surface area contributed by atoms with E-state index in [0.717, 1.165) is 33.0 Å². The zero-order valence-corrected chi connectivity index (χ0v) is 18.0. The fraction of sp³-hybridized carbons (Fsp3) is 0.167. The van der Waals surface area contributed by atoms with Crippen LogP contribution in [0.3, 0.4) is 0 Å². The van der Waals surface area contributed by atoms with E-state index in [1.165, 1.54) is 0 Å². The molecule has 0 fully saturated rings. The average molecular weight is 432 g/mol. The van der Waals surface area contributed by atoms with Gasteiger partial charge in [0.1, 0.15) is 11.3 Å². The summed E-state index contributed by atoms with van der Waals surface area (Å²) in [6.07, 6.45) is 0.560. The zero-order valence-electron chi connectivity index (χ0n) is 17.2. The summed E-state index contributed by atoms with van der Waals surface area (Å²) in [4.78, 5) is 0. The third-order valence-electron chi connectivity index (χ3n) is 5.61. The summed E-state index contributed by atoms with van der Waals surface area (Å²) in [5, 5.41) is 9.69. The number of benzene rings is 3. The highest BCUT2D eigenvalue weighted by molar-refractivity contribution is 7.80. The highest BCUT2D eigenvalue weighted by Crippen LogP contribution is 2.46. The number of hydrogen-bond donors (Lipinski definition) is 1. The van der Waals surface area contributed by atoms with E-state index < -0.39 is 0 Å². The van der Waals surface area contributed by atoms with Gasteiger partial charge in [-0.05, 0) is 41.2 Å². The fourth-order valence-corrected chi connectivity index (χ4v) is 4.40. The molecule has 6 nitrogen and oxygen atoms in total. The van der Waals surface area contributed by atoms with Gasteiger partial charge in [-0.3, -0.25) is 0 Å². The minimum Gasteiger partial charge on any atom is -0.493 e. The van der Waals surface area contributed by atoms with Crippen molar-refractivity contribution in [3.63, 3.8) is 0 Å². The maximum absolute atomic E-state index is 6.09. The summed E-state index contributed by atoms with van der Waals surface area (Å²) >= 11 is 5.36. The molecule has 5 rings (SSSR count). The lowest BCUT2D eigenvalue weighted by molar-refractivity contribution is 0.328. The topological polar surface area (TPSA) is 73.2 Å². The van der Waals surface area contributed by atoms with E-state index in [-0.39, 0.29) is 11.2 Å². The smallest absolute Gasteiger partial charge is 0.187 e. The van der Waals surface area contributed by atoms with E-state index in [0.29, 0.717) is 23.7 Å². The van der Waals surface area contributed by atoms with Crippen LogP contribution in [-0.4, -0.2) is 30.1 Å². The van der Waals surface area contributed by atoms with Crippen molar-refractivity contribution >= 4 is 44.8 Å². The van der Waals surface area contributed by atoms with Crippen molar-refractivity contribution in [3.8, 4) is 11.5 Å². The van der Waals surface area contributed by atoms with Crippen LogP contribution in [-0.2, 0) is 0 Å². The van der Waals surface area contributed by atoms with Crippen LogP contribution in [0.1, 0.15) is 23.8 Å². The Balaban J connectivity index is 1.67. The second kappa shape index (κ2) is 7.59. The Morgan fingerprint density at radius 3 is 2.52 bits per heavy atom. The summed E-state index contributed by atoms with van der Waals surface area (Å²) in [7, 11) is 3.27. The standard InChI is InChI=1S/C24H21N3O3S/c1-28-21-11-14-7-3-5-9-16(14)22(23(21)29-2)18-13-17(26-27(18)24(25)31)20-12-15-8-4-6-10-19(15)30-20/h3-12,18H,13H2,1-2H3,(H2,25,31). The van der Waals surface area contributed by atoms with Crippen LogP contribution < -0.4 is 15.2 Å². The Morgan fingerprint density at radius 2 is 1.81 bits per heavy atom. The Kier molecular flexibility index (Phi) is 4.75. The summed E-state index contributed by atoms with van der Waals surface area (Å²) in [6, 6.07) is 19.7. The molecule has 0 amide bonds. The predicted octanol–water partition coefficient (Wildman–Crippen LogP) is 5.00. The molecular formula is C24H21N3O3S. The zero-order chi connectivity index (χ0) is 21.5. The number of hydrazone groups is 1. The summed E-state index contributed by atoms with van der Waals surface area (Å²) in [5.74, 6) is 2.00. The van der Waals surface area contributed by atoms with Gasteiger partial charge in [0.2, 0.25) is 0 Å². The number of nitrogens with two attached hydrogens (primary N) is 1. The molecular weight excluding hydrogens is 410 g/mol. The molecule has 2 N–H and O–H groups in total. The molecule has 0 saturated carbocycles. The number of fused-ring (bicyclic) bond motifs is 2. The van der Waals surface area contributed by atoms with Crippen molar-refractivity contribution in [2.75, 3.05) is 14.2 Å². The van der Waals surface area contributed by atoms with Crippen molar-refractivity contribution < 1.29 is 13.9 Å². The van der Waals surface area contributed by atoms with Gasteiger partial charge in [-0.25, -0.2) is 5.01 Å². The molecule has 31 heavy (non-hydrogen) atoms. The monoisotopic (exact) mass is 431 g/mol. The highest BCUT2D eigenvalue weighted by Gasteiger charge is 2.36. The van der Waals surface area contributed by atoms with Crippen LogP contribution in [0.25, 0.3) is 21.7 Å². The molecule has 156 valence electrons. The van der Waals surface area contributed by atoms with Gasteiger partial charge in [0.05, 0.1) is 20.3 Å². The number of ether oxygens (including phenoxy) is 2. The first-order valence-corrected chi connectivity index (χ1v) is 10.3. The molecule has 1 aromatic heterocycles. The van der Waals surface area contributed by atoms with Gasteiger partial charge >= 0.3 is 0 Å². The largest absolute Gasteiger partial charge is 0.493 e. The first-order chi connectivity index (χ1) is 15.1. The molecule has 0 bridgehead atoms. The second-order valence-corrected chi connectivity index (χ2v) is 7.76. The van der Waals surface area contributed by atoms with Crippen LogP contribution in [0.2, 0.25) is 0 Å². The Labute approximate surface area is 184 Å². The van der Waals surface area contributed by atoms with Crippen LogP contribution in [0.5, 0.6) is 11.5 Å². The SMILES string of the molecule is COc1cc2ccccc2c(C2CC(c3cc4ccccc4o3)=NN2C(N)=S)c1OC. The van der Waals surface area contributed by atoms with Crippen LogP contribution in [0.4, 0.5) is 0 Å². The summed E-state index contributed by atoms with van der Waals surface area (Å²) < 4.78 is 17.5. The number of para-hydroxylation sites is 1. The average Bonchev–Trinajstić information content (AvgIpc) is 3.42. The maximum Gasteiger partial charge on any atom is 0.187 e. The molecule has 1 aliphatic heterocycles. The van der Waals surface area contributed by atoms with Crippen molar-refractivity contribution in [2.24, 2.45) is 10.8 Å². The van der Waals surface area contributed by atoms with Gasteiger partial charge < -0.3 is 19.6 Å². The van der Waals surface area contributed by atoms with Crippen LogP contribution in [0.15, 0.2) is 70.2 Å². The van der Waals surface area contributed by atoms with Crippen LogP contribution >= 0.6 is 12.2 Å². The highest BCUT2D eigenvalue weighted by atomic mass is 32.1. The first kappa shape index (κ1) is 19.4. The van der Waals surface area contributed by atoms with E-state index in [9.17, 15) is 0 Å². The van der Waals surface area contributed by atoms with Gasteiger partial charge in [0.25, 0.3) is 0 Å². The minimum absolute atomic E-state index is 0.185. The molecule has 0 radical (unpaired) electrons. The molecule has 0 saturated heterocycles. The summed E-state index contributed by atoms with van der Waals surface area (Å²) in [5.41, 5.74) is 8.62. The van der Waals surface area contributed by atoms with Crippen molar-refractivity contribution in [1.82, 2.24) is 5.01 Å². The van der Waals surface area contributed by atoms with E-state index in [1.807, 2.05) is 54.6 Å². The molecule has 1 unspecified atom stereocenters. The van der Waals surface area contributed by atoms with Crippen molar-refractivity contribution in [1.29, 1.82) is 0 Å². The number of hydrogen-bond acceptors (Lipinski definition) is 5. The van der Waals surface area contributed by atoms with E-state index in [2.05, 4.69) is 6.07 Å². The maximum atomic E-state index is 6.09. The van der Waals surface area contributed by atoms with Crippen molar-refractivity contribution in [3.05, 3.63) is 72.0 Å². The molecule has 2 heterocycles. The number of methoxy groups -OCH3 is 2. The quantitative estimate of drug-likeness (QED) is 0.459. The second-order valence-electron chi connectivity index (χ2n) is 7.34. The van der Waals surface area contributed by atoms with Gasteiger partial charge in [-0.2, -0.15) is 5.10 Å². The molecule has 7 heteroatoms. The van der Waals surface area contributed by atoms with Gasteiger partial charge in [-0.15, -0.1) is 0 Å². The predicted molar refractivity (Wildman–Crippen MR) is 126 cm³/mol. The third-order valence-corrected chi connectivity index (χ3v) is 5.80. The number of nitrogens with zero attached hydrogens (tertiary/aromatic N) is 2. The lowest BCUT2D eigenvalue weighted by Crippen LogP contribution is -2.32. The number of thiocarbonyl (C=S) groups is 1. The lowest BCUT2D eigenvalue weighted by atomic mass is 9.93. The number of rotatable bonds is 4. The minimum atomic E-state index is -0.254. The van der Waals surface area contributed by atoms with E-state index in [1.54, 1.807) is 19.2 Å². The van der Waals surface area contributed by atoms with Gasteiger partial charge in [0.15, 0.2) is 22.4 Å². The van der Waals surface area contributed by atoms with Gasteiger partial charge in [0, 0.05) is 17.4 Å². The van der Waals surface area contributed by atoms with E-state index >= 15 is 0 Å². The molecule has 1 aliphatic rings. The Bertz CT molecular complexity index is 1310. The third kappa shape index (κ3) is 3.18. The first-order valence-electron chi connectivity index (χ1n) is 9.89. The molecule has 1 atom stereocenters.